The molecule has 7 heteroatoms. The lowest BCUT2D eigenvalue weighted by Crippen LogP contribution is -2.35. The van der Waals surface area contributed by atoms with Gasteiger partial charge in [-0.1, -0.05) is 29.8 Å². The minimum Gasteiger partial charge on any atom is -0.381 e. The number of halogens is 1. The lowest BCUT2D eigenvalue weighted by Gasteiger charge is -2.22. The highest BCUT2D eigenvalue weighted by atomic mass is 35.5. The summed E-state index contributed by atoms with van der Waals surface area (Å²) in [6.45, 7) is 2.47. The summed E-state index contributed by atoms with van der Waals surface area (Å²) in [6.07, 6.45) is 5.83. The first-order valence-electron chi connectivity index (χ1n) is 10.2. The number of carbonyl (C=O) groups is 1. The second-order valence-corrected chi connectivity index (χ2v) is 8.10. The molecule has 0 radical (unpaired) electrons. The van der Waals surface area contributed by atoms with Gasteiger partial charge in [-0.15, -0.1) is 10.2 Å². The number of nitrogens with zero attached hydrogens (tertiary/aromatic N) is 3. The minimum atomic E-state index is 0.0900. The zero-order valence-electron chi connectivity index (χ0n) is 16.1. The van der Waals surface area contributed by atoms with E-state index in [4.69, 9.17) is 16.3 Å². The molecule has 28 heavy (non-hydrogen) atoms. The molecule has 1 fully saturated rings. The van der Waals surface area contributed by atoms with E-state index >= 15 is 0 Å². The molecule has 1 unspecified atom stereocenters. The molecule has 1 atom stereocenters. The number of carbonyl (C=O) groups excluding carboxylic acids is 1. The number of benzene rings is 1. The van der Waals surface area contributed by atoms with Gasteiger partial charge in [0.15, 0.2) is 0 Å². The summed E-state index contributed by atoms with van der Waals surface area (Å²) in [5, 5.41) is 12.8. The van der Waals surface area contributed by atoms with E-state index in [1.165, 1.54) is 0 Å². The SMILES string of the molecule is O=C(CCc1ccccc1Cl)NC1CCc2nnc(C3CCOCC3)n2CC1. The summed E-state index contributed by atoms with van der Waals surface area (Å²) < 4.78 is 7.76. The molecule has 1 aromatic heterocycles. The Kier molecular flexibility index (Phi) is 6.27. The predicted molar refractivity (Wildman–Crippen MR) is 107 cm³/mol. The van der Waals surface area contributed by atoms with Crippen molar-refractivity contribution in [3.63, 3.8) is 0 Å². The van der Waals surface area contributed by atoms with Crippen molar-refractivity contribution in [2.24, 2.45) is 0 Å². The molecule has 1 aromatic carbocycles. The minimum absolute atomic E-state index is 0.0900. The number of rotatable bonds is 5. The monoisotopic (exact) mass is 402 g/mol. The Balaban J connectivity index is 1.31. The van der Waals surface area contributed by atoms with Crippen LogP contribution in [0.25, 0.3) is 0 Å². The van der Waals surface area contributed by atoms with E-state index in [1.54, 1.807) is 0 Å². The zero-order chi connectivity index (χ0) is 19.3. The first kappa shape index (κ1) is 19.4. The van der Waals surface area contributed by atoms with Crippen LogP contribution in [0, 0.1) is 0 Å². The van der Waals surface area contributed by atoms with Gasteiger partial charge in [0.1, 0.15) is 11.6 Å². The fraction of sp³-hybridized carbons (Fsp3) is 0.571. The summed E-state index contributed by atoms with van der Waals surface area (Å²) in [6, 6.07) is 7.89. The summed E-state index contributed by atoms with van der Waals surface area (Å²) in [5.74, 6) is 2.68. The number of aryl methyl sites for hydroxylation is 2. The van der Waals surface area contributed by atoms with Crippen molar-refractivity contribution in [2.45, 2.75) is 63.5 Å². The molecule has 0 saturated carbocycles. The fourth-order valence-electron chi connectivity index (χ4n) is 4.16. The molecule has 1 amide bonds. The first-order valence-corrected chi connectivity index (χ1v) is 10.6. The van der Waals surface area contributed by atoms with E-state index in [0.717, 1.165) is 74.1 Å². The van der Waals surface area contributed by atoms with Gasteiger partial charge < -0.3 is 14.6 Å². The maximum absolute atomic E-state index is 12.4. The number of aromatic nitrogens is 3. The van der Waals surface area contributed by atoms with E-state index in [9.17, 15) is 4.79 Å². The van der Waals surface area contributed by atoms with Crippen molar-refractivity contribution in [1.29, 1.82) is 0 Å². The molecule has 4 rings (SSSR count). The number of ether oxygens (including phenoxy) is 1. The lowest BCUT2D eigenvalue weighted by molar-refractivity contribution is -0.121. The normalized spacial score (nSPS) is 20.4. The second kappa shape index (κ2) is 9.05. The molecule has 2 aliphatic rings. The number of nitrogens with one attached hydrogen (secondary N) is 1. The summed E-state index contributed by atoms with van der Waals surface area (Å²) in [7, 11) is 0. The third-order valence-electron chi connectivity index (χ3n) is 5.80. The van der Waals surface area contributed by atoms with Gasteiger partial charge in [-0.05, 0) is 43.7 Å². The molecular formula is C21H27ClN4O2. The molecule has 6 nitrogen and oxygen atoms in total. The highest BCUT2D eigenvalue weighted by Gasteiger charge is 2.26. The first-order chi connectivity index (χ1) is 13.7. The fourth-order valence-corrected chi connectivity index (χ4v) is 4.39. The molecular weight excluding hydrogens is 376 g/mol. The van der Waals surface area contributed by atoms with Crippen molar-refractivity contribution in [1.82, 2.24) is 20.1 Å². The third-order valence-corrected chi connectivity index (χ3v) is 6.17. The van der Waals surface area contributed by atoms with Crippen molar-refractivity contribution >= 4 is 17.5 Å². The molecule has 2 aromatic rings. The molecule has 0 bridgehead atoms. The molecule has 1 saturated heterocycles. The van der Waals surface area contributed by atoms with Gasteiger partial charge in [0, 0.05) is 49.6 Å². The number of hydrogen-bond donors (Lipinski definition) is 1. The Hall–Kier alpha value is -1.92. The van der Waals surface area contributed by atoms with E-state index in [2.05, 4.69) is 20.1 Å². The van der Waals surface area contributed by atoms with Crippen molar-refractivity contribution in [3.8, 4) is 0 Å². The Morgan fingerprint density at radius 1 is 1.18 bits per heavy atom. The number of fused-ring (bicyclic) bond motifs is 1. The van der Waals surface area contributed by atoms with Crippen LogP contribution in [0.4, 0.5) is 0 Å². The molecule has 150 valence electrons. The Labute approximate surface area is 170 Å². The van der Waals surface area contributed by atoms with Gasteiger partial charge in [0.05, 0.1) is 0 Å². The van der Waals surface area contributed by atoms with Crippen LogP contribution in [0.1, 0.15) is 55.2 Å². The van der Waals surface area contributed by atoms with Gasteiger partial charge in [-0.25, -0.2) is 0 Å². The maximum Gasteiger partial charge on any atom is 0.220 e. The Morgan fingerprint density at radius 3 is 2.82 bits per heavy atom. The van der Waals surface area contributed by atoms with Crippen LogP contribution in [0.15, 0.2) is 24.3 Å². The quantitative estimate of drug-likeness (QED) is 0.833. The molecule has 3 heterocycles. The summed E-state index contributed by atoms with van der Waals surface area (Å²) >= 11 is 6.18. The van der Waals surface area contributed by atoms with Gasteiger partial charge in [-0.2, -0.15) is 0 Å². The van der Waals surface area contributed by atoms with E-state index in [0.29, 0.717) is 18.8 Å². The van der Waals surface area contributed by atoms with Gasteiger partial charge in [0.25, 0.3) is 0 Å². The van der Waals surface area contributed by atoms with Crippen LogP contribution in [-0.2, 0) is 28.9 Å². The molecule has 1 N–H and O–H groups in total. The Morgan fingerprint density at radius 2 is 2.00 bits per heavy atom. The third kappa shape index (κ3) is 4.55. The zero-order valence-corrected chi connectivity index (χ0v) is 16.8. The van der Waals surface area contributed by atoms with Crippen LogP contribution in [0.2, 0.25) is 5.02 Å². The summed E-state index contributed by atoms with van der Waals surface area (Å²) in [4.78, 5) is 12.4. The van der Waals surface area contributed by atoms with Gasteiger partial charge in [0.2, 0.25) is 5.91 Å². The Bertz CT molecular complexity index is 816. The largest absolute Gasteiger partial charge is 0.381 e. The van der Waals surface area contributed by atoms with Gasteiger partial charge in [-0.3, -0.25) is 4.79 Å². The van der Waals surface area contributed by atoms with Gasteiger partial charge >= 0.3 is 0 Å². The predicted octanol–water partition coefficient (Wildman–Crippen LogP) is 3.28. The van der Waals surface area contributed by atoms with Crippen LogP contribution in [0.3, 0.4) is 0 Å². The van der Waals surface area contributed by atoms with E-state index < -0.39 is 0 Å². The maximum atomic E-state index is 12.4. The van der Waals surface area contributed by atoms with Crippen LogP contribution >= 0.6 is 11.6 Å². The van der Waals surface area contributed by atoms with Crippen LogP contribution < -0.4 is 5.32 Å². The smallest absolute Gasteiger partial charge is 0.220 e. The van der Waals surface area contributed by atoms with E-state index in [1.807, 2.05) is 24.3 Å². The van der Waals surface area contributed by atoms with Crippen molar-refractivity contribution < 1.29 is 9.53 Å². The van der Waals surface area contributed by atoms with Crippen LogP contribution in [-0.4, -0.2) is 39.9 Å². The number of amides is 1. The van der Waals surface area contributed by atoms with Crippen LogP contribution in [0.5, 0.6) is 0 Å². The lowest BCUT2D eigenvalue weighted by atomic mass is 9.99. The topological polar surface area (TPSA) is 69.0 Å². The standard InChI is InChI=1S/C21H27ClN4O2/c22-18-4-2-1-3-15(18)5-8-20(27)23-17-6-7-19-24-25-21(26(19)12-9-17)16-10-13-28-14-11-16/h1-4,16-17H,5-14H2,(H,23,27). The average Bonchev–Trinajstić information content (AvgIpc) is 3.03. The second-order valence-electron chi connectivity index (χ2n) is 7.70. The average molecular weight is 403 g/mol. The molecule has 0 aliphatic carbocycles. The van der Waals surface area contributed by atoms with Crippen molar-refractivity contribution in [2.75, 3.05) is 13.2 Å². The highest BCUT2D eigenvalue weighted by molar-refractivity contribution is 6.31. The summed E-state index contributed by atoms with van der Waals surface area (Å²) in [5.41, 5.74) is 1.02. The highest BCUT2D eigenvalue weighted by Crippen LogP contribution is 2.28. The molecule has 2 aliphatic heterocycles. The van der Waals surface area contributed by atoms with E-state index in [-0.39, 0.29) is 11.9 Å². The molecule has 0 spiro atoms. The number of hydrogen-bond acceptors (Lipinski definition) is 4. The van der Waals surface area contributed by atoms with Crippen molar-refractivity contribution in [3.05, 3.63) is 46.5 Å².